The van der Waals surface area contributed by atoms with Crippen molar-refractivity contribution < 1.29 is 4.74 Å². The van der Waals surface area contributed by atoms with Gasteiger partial charge in [-0.15, -0.1) is 18.0 Å². The lowest BCUT2D eigenvalue weighted by Gasteiger charge is -2.28. The molecule has 0 fully saturated rings. The van der Waals surface area contributed by atoms with Crippen LogP contribution in [0, 0.1) is 12.3 Å². The van der Waals surface area contributed by atoms with Crippen LogP contribution in [0.15, 0.2) is 24.3 Å². The van der Waals surface area contributed by atoms with Crippen LogP contribution in [0.5, 0.6) is 0 Å². The Morgan fingerprint density at radius 1 is 1.44 bits per heavy atom. The van der Waals surface area contributed by atoms with Crippen molar-refractivity contribution in [2.75, 3.05) is 0 Å². The zero-order valence-electron chi connectivity index (χ0n) is 10.7. The molecule has 3 heteroatoms. The Balaban J connectivity index is 2.73. The molecule has 0 aromatic heterocycles. The van der Waals surface area contributed by atoms with Gasteiger partial charge in [0.15, 0.2) is 0 Å². The lowest BCUT2D eigenvalue weighted by atomic mass is 10.1. The number of alkyl halides is 2. The average Bonchev–Trinajstić information content (AvgIpc) is 2.43. The molecule has 1 aliphatic heterocycles. The van der Waals surface area contributed by atoms with E-state index < -0.39 is 0 Å². The molecule has 0 N–H and O–H groups in total. The van der Waals surface area contributed by atoms with Crippen LogP contribution in [0.4, 0.5) is 0 Å². The monoisotopic (exact) mass is 330 g/mol. The summed E-state index contributed by atoms with van der Waals surface area (Å²) in [5, 5.41) is -0.00414. The van der Waals surface area contributed by atoms with E-state index in [1.165, 1.54) is 0 Å². The predicted octanol–water partition coefficient (Wildman–Crippen LogP) is 4.45. The lowest BCUT2D eigenvalue weighted by molar-refractivity contribution is -0.0123. The number of rotatable bonds is 3. The fourth-order valence-electron chi connectivity index (χ4n) is 1.98. The molecule has 0 bridgehead atoms. The van der Waals surface area contributed by atoms with Gasteiger partial charge < -0.3 is 4.74 Å². The summed E-state index contributed by atoms with van der Waals surface area (Å²) in [6, 6.07) is 0. The highest BCUT2D eigenvalue weighted by Crippen LogP contribution is 2.26. The topological polar surface area (TPSA) is 9.23 Å². The number of hydrogen-bond acceptors (Lipinski definition) is 1. The maximum atomic E-state index is 6.40. The fraction of sp³-hybridized carbons (Fsp3) is 0.600. The Kier molecular flexibility index (Phi) is 7.74. The van der Waals surface area contributed by atoms with Crippen LogP contribution >= 0.6 is 27.5 Å². The molecule has 18 heavy (non-hydrogen) atoms. The molecule has 1 aliphatic rings. The zero-order valence-corrected chi connectivity index (χ0v) is 13.0. The normalized spacial score (nSPS) is 33.7. The minimum Gasteiger partial charge on any atom is -0.372 e. The molecular weight excluding hydrogens is 312 g/mol. The molecular formula is C15H20BrClO. The number of terminal acetylenes is 1. The summed E-state index contributed by atoms with van der Waals surface area (Å²) in [6.07, 6.45) is 17.0. The van der Waals surface area contributed by atoms with Gasteiger partial charge in [0.25, 0.3) is 0 Å². The molecule has 0 aromatic carbocycles. The minimum atomic E-state index is -0.00414. The molecule has 4 atom stereocenters. The Morgan fingerprint density at radius 3 is 2.83 bits per heavy atom. The molecule has 100 valence electrons. The number of hydrogen-bond donors (Lipinski definition) is 0. The summed E-state index contributed by atoms with van der Waals surface area (Å²) >= 11 is 10.1. The molecule has 0 spiro atoms. The molecule has 0 saturated heterocycles. The van der Waals surface area contributed by atoms with E-state index in [0.29, 0.717) is 4.83 Å². The molecule has 1 heterocycles. The maximum absolute atomic E-state index is 6.40. The Labute approximate surface area is 124 Å². The quantitative estimate of drug-likeness (QED) is 0.422. The van der Waals surface area contributed by atoms with Gasteiger partial charge >= 0.3 is 0 Å². The summed E-state index contributed by atoms with van der Waals surface area (Å²) in [7, 11) is 0. The van der Waals surface area contributed by atoms with Gasteiger partial charge in [0.05, 0.1) is 17.6 Å². The Hall–Kier alpha value is -0.230. The third-order valence-corrected chi connectivity index (χ3v) is 4.45. The first-order valence-corrected chi connectivity index (χ1v) is 7.74. The lowest BCUT2D eigenvalue weighted by Crippen LogP contribution is -2.33. The second-order valence-corrected chi connectivity index (χ2v) is 6.14. The molecule has 0 radical (unpaired) electrons. The van der Waals surface area contributed by atoms with Gasteiger partial charge in [-0.25, -0.2) is 0 Å². The number of halogens is 2. The van der Waals surface area contributed by atoms with Crippen molar-refractivity contribution in [3.05, 3.63) is 24.3 Å². The van der Waals surface area contributed by atoms with E-state index >= 15 is 0 Å². The van der Waals surface area contributed by atoms with Gasteiger partial charge in [-0.3, -0.25) is 0 Å². The first-order valence-electron chi connectivity index (χ1n) is 6.38. The van der Waals surface area contributed by atoms with E-state index in [9.17, 15) is 0 Å². The average molecular weight is 332 g/mol. The van der Waals surface area contributed by atoms with E-state index in [-0.39, 0.29) is 17.6 Å². The van der Waals surface area contributed by atoms with Crippen molar-refractivity contribution in [1.29, 1.82) is 0 Å². The van der Waals surface area contributed by atoms with Crippen LogP contribution in [0.1, 0.15) is 32.6 Å². The summed E-state index contributed by atoms with van der Waals surface area (Å²) < 4.78 is 6.15. The SMILES string of the molecule is C#CC=CCC1OC(CC)C(Br)CC=CCC1Cl. The van der Waals surface area contributed by atoms with Gasteiger partial charge in [-0.1, -0.05) is 47.0 Å². The van der Waals surface area contributed by atoms with Crippen LogP contribution in [0.3, 0.4) is 0 Å². The van der Waals surface area contributed by atoms with Crippen molar-refractivity contribution in [3.63, 3.8) is 0 Å². The van der Waals surface area contributed by atoms with E-state index in [0.717, 1.165) is 25.7 Å². The van der Waals surface area contributed by atoms with Crippen molar-refractivity contribution in [3.8, 4) is 12.3 Å². The van der Waals surface area contributed by atoms with E-state index in [2.05, 4.69) is 40.9 Å². The highest BCUT2D eigenvalue weighted by Gasteiger charge is 2.26. The standard InChI is InChI=1S/C15H20BrClO/c1-3-5-6-11-15-13(17)10-8-7-9-12(16)14(4-2)18-15/h1,5-8,12-15H,4,9-11H2,2H3. The second-order valence-electron chi connectivity index (χ2n) is 4.40. The third-order valence-electron chi connectivity index (χ3n) is 3.03. The van der Waals surface area contributed by atoms with Crippen LogP contribution < -0.4 is 0 Å². The van der Waals surface area contributed by atoms with Crippen molar-refractivity contribution in [2.45, 2.75) is 55.0 Å². The highest BCUT2D eigenvalue weighted by molar-refractivity contribution is 9.09. The van der Waals surface area contributed by atoms with Crippen molar-refractivity contribution in [2.24, 2.45) is 0 Å². The molecule has 1 rings (SSSR count). The smallest absolute Gasteiger partial charge is 0.0780 e. The number of ether oxygens (including phenoxy) is 1. The zero-order chi connectivity index (χ0) is 13.4. The van der Waals surface area contributed by atoms with Crippen LogP contribution in [0.2, 0.25) is 0 Å². The molecule has 0 aromatic rings. The third kappa shape index (κ3) is 5.18. The van der Waals surface area contributed by atoms with Gasteiger partial charge in [0.1, 0.15) is 0 Å². The Morgan fingerprint density at radius 2 is 2.17 bits per heavy atom. The van der Waals surface area contributed by atoms with Gasteiger partial charge in [-0.05, 0) is 31.8 Å². The number of allylic oxidation sites excluding steroid dienone is 3. The fourth-order valence-corrected chi connectivity index (χ4v) is 2.96. The highest BCUT2D eigenvalue weighted by atomic mass is 79.9. The predicted molar refractivity (Wildman–Crippen MR) is 82.3 cm³/mol. The van der Waals surface area contributed by atoms with E-state index in [1.807, 2.05) is 6.08 Å². The second kappa shape index (κ2) is 8.80. The first-order chi connectivity index (χ1) is 8.69. The molecule has 0 amide bonds. The van der Waals surface area contributed by atoms with Gasteiger partial charge in [0, 0.05) is 4.83 Å². The van der Waals surface area contributed by atoms with Gasteiger partial charge in [-0.2, -0.15) is 0 Å². The summed E-state index contributed by atoms with van der Waals surface area (Å²) in [5.74, 6) is 2.49. The molecule has 0 saturated carbocycles. The largest absolute Gasteiger partial charge is 0.372 e. The summed E-state index contributed by atoms with van der Waals surface area (Å²) in [5.41, 5.74) is 0. The van der Waals surface area contributed by atoms with Crippen molar-refractivity contribution in [1.82, 2.24) is 0 Å². The molecule has 1 nitrogen and oxygen atoms in total. The summed E-state index contributed by atoms with van der Waals surface area (Å²) in [4.78, 5) is 0.347. The van der Waals surface area contributed by atoms with E-state index in [1.54, 1.807) is 6.08 Å². The molecule has 0 aliphatic carbocycles. The van der Waals surface area contributed by atoms with Crippen molar-refractivity contribution >= 4 is 27.5 Å². The van der Waals surface area contributed by atoms with Crippen LogP contribution in [-0.4, -0.2) is 22.4 Å². The van der Waals surface area contributed by atoms with Gasteiger partial charge in [0.2, 0.25) is 0 Å². The first kappa shape index (κ1) is 15.8. The van der Waals surface area contributed by atoms with E-state index in [4.69, 9.17) is 22.8 Å². The molecule has 4 unspecified atom stereocenters. The Bertz CT molecular complexity index is 332. The van der Waals surface area contributed by atoms with Crippen LogP contribution in [-0.2, 0) is 4.74 Å². The van der Waals surface area contributed by atoms with Crippen LogP contribution in [0.25, 0.3) is 0 Å². The minimum absolute atomic E-state index is 0.00414. The maximum Gasteiger partial charge on any atom is 0.0780 e. The summed E-state index contributed by atoms with van der Waals surface area (Å²) in [6.45, 7) is 2.14.